The first kappa shape index (κ1) is 17.2. The number of nitrogens with one attached hydrogen (secondary N) is 3. The standard InChI is InChI=1S/C19H27N5O2/c1-13(25)24-19-10-14-7-15(11-19)9-18(8-14,12-19)16(26)20-5-6-23-17-21-3-2-4-22-17/h2-4,14-15H,5-12H2,1H3,(H,20,26)(H,24,25)(H,21,22,23)/t14-,15+,18?,19?. The van der Waals surface area contributed by atoms with Crippen LogP contribution < -0.4 is 16.0 Å². The minimum Gasteiger partial charge on any atom is -0.354 e. The maximum absolute atomic E-state index is 13.1. The molecule has 3 N–H and O–H groups in total. The van der Waals surface area contributed by atoms with E-state index in [2.05, 4.69) is 25.9 Å². The highest BCUT2D eigenvalue weighted by molar-refractivity contribution is 5.84. The van der Waals surface area contributed by atoms with Crippen molar-refractivity contribution >= 4 is 17.8 Å². The molecule has 4 atom stereocenters. The molecule has 7 nitrogen and oxygen atoms in total. The van der Waals surface area contributed by atoms with Crippen molar-refractivity contribution in [1.82, 2.24) is 20.6 Å². The summed E-state index contributed by atoms with van der Waals surface area (Å²) in [4.78, 5) is 33.0. The summed E-state index contributed by atoms with van der Waals surface area (Å²) in [6.45, 7) is 2.72. The van der Waals surface area contributed by atoms with Gasteiger partial charge in [0, 0.05) is 37.9 Å². The smallest absolute Gasteiger partial charge is 0.226 e. The summed E-state index contributed by atoms with van der Waals surface area (Å²) < 4.78 is 0. The summed E-state index contributed by atoms with van der Waals surface area (Å²) >= 11 is 0. The van der Waals surface area contributed by atoms with Gasteiger partial charge in [-0.3, -0.25) is 9.59 Å². The Kier molecular flexibility index (Phi) is 4.32. The van der Waals surface area contributed by atoms with Gasteiger partial charge in [0.05, 0.1) is 5.41 Å². The van der Waals surface area contributed by atoms with Crippen LogP contribution in [0.3, 0.4) is 0 Å². The largest absolute Gasteiger partial charge is 0.354 e. The van der Waals surface area contributed by atoms with Crippen molar-refractivity contribution in [2.45, 2.75) is 51.0 Å². The quantitative estimate of drug-likeness (QED) is 0.670. The number of carbonyl (C=O) groups excluding carboxylic acids is 2. The lowest BCUT2D eigenvalue weighted by atomic mass is 9.46. The van der Waals surface area contributed by atoms with E-state index in [0.717, 1.165) is 32.1 Å². The van der Waals surface area contributed by atoms with Gasteiger partial charge in [0.25, 0.3) is 0 Å². The van der Waals surface area contributed by atoms with Crippen molar-refractivity contribution in [1.29, 1.82) is 0 Å². The Morgan fingerprint density at radius 2 is 1.81 bits per heavy atom. The average Bonchev–Trinajstić information content (AvgIpc) is 2.57. The highest BCUT2D eigenvalue weighted by atomic mass is 16.2. The Bertz CT molecular complexity index is 678. The first-order valence-corrected chi connectivity index (χ1v) is 9.57. The number of hydrogen-bond donors (Lipinski definition) is 3. The lowest BCUT2D eigenvalue weighted by molar-refractivity contribution is -0.153. The first-order chi connectivity index (χ1) is 12.5. The van der Waals surface area contributed by atoms with E-state index in [9.17, 15) is 9.59 Å². The van der Waals surface area contributed by atoms with Crippen molar-refractivity contribution in [3.8, 4) is 0 Å². The molecule has 5 rings (SSSR count). The van der Waals surface area contributed by atoms with Gasteiger partial charge >= 0.3 is 0 Å². The third-order valence-corrected chi connectivity index (χ3v) is 6.24. The molecule has 4 fully saturated rings. The maximum atomic E-state index is 13.1. The zero-order chi connectivity index (χ0) is 18.2. The number of anilines is 1. The zero-order valence-electron chi connectivity index (χ0n) is 15.3. The van der Waals surface area contributed by atoms with Crippen LogP contribution in [0.15, 0.2) is 18.5 Å². The van der Waals surface area contributed by atoms with Gasteiger partial charge in [-0.25, -0.2) is 9.97 Å². The van der Waals surface area contributed by atoms with Gasteiger partial charge in [0.1, 0.15) is 0 Å². The summed E-state index contributed by atoms with van der Waals surface area (Å²) in [5, 5.41) is 9.43. The van der Waals surface area contributed by atoms with Gasteiger partial charge in [0.2, 0.25) is 17.8 Å². The highest BCUT2D eigenvalue weighted by Gasteiger charge is 2.60. The topological polar surface area (TPSA) is 96.0 Å². The molecule has 26 heavy (non-hydrogen) atoms. The molecule has 7 heteroatoms. The number of nitrogens with zero attached hydrogens (tertiary/aromatic N) is 2. The molecule has 140 valence electrons. The summed E-state index contributed by atoms with van der Waals surface area (Å²) in [5.41, 5.74) is -0.473. The van der Waals surface area contributed by atoms with Crippen molar-refractivity contribution in [3.63, 3.8) is 0 Å². The second-order valence-corrected chi connectivity index (χ2v) is 8.46. The maximum Gasteiger partial charge on any atom is 0.226 e. The zero-order valence-corrected chi connectivity index (χ0v) is 15.3. The van der Waals surface area contributed by atoms with E-state index in [1.165, 1.54) is 6.42 Å². The molecule has 0 aliphatic heterocycles. The second kappa shape index (κ2) is 6.52. The molecule has 4 aliphatic rings. The van der Waals surface area contributed by atoms with Crippen LogP contribution in [0.5, 0.6) is 0 Å². The van der Waals surface area contributed by atoms with E-state index in [0.29, 0.717) is 30.9 Å². The number of carbonyl (C=O) groups is 2. The van der Waals surface area contributed by atoms with Gasteiger partial charge in [-0.2, -0.15) is 0 Å². The highest BCUT2D eigenvalue weighted by Crippen LogP contribution is 2.61. The molecule has 0 saturated heterocycles. The van der Waals surface area contributed by atoms with Crippen LogP contribution in [0.1, 0.15) is 45.4 Å². The Hall–Kier alpha value is -2.18. The summed E-state index contributed by atoms with van der Waals surface area (Å²) in [6, 6.07) is 1.77. The fourth-order valence-electron chi connectivity index (χ4n) is 5.98. The van der Waals surface area contributed by atoms with Crippen LogP contribution in [0.25, 0.3) is 0 Å². The average molecular weight is 357 g/mol. The Morgan fingerprint density at radius 3 is 2.46 bits per heavy atom. The predicted octanol–water partition coefficient (Wildman–Crippen LogP) is 1.48. The van der Waals surface area contributed by atoms with Crippen LogP contribution >= 0.6 is 0 Å². The molecule has 1 heterocycles. The number of aromatic nitrogens is 2. The molecule has 2 unspecified atom stereocenters. The Labute approximate surface area is 153 Å². The number of hydrogen-bond acceptors (Lipinski definition) is 5. The van der Waals surface area contributed by atoms with E-state index >= 15 is 0 Å². The van der Waals surface area contributed by atoms with E-state index < -0.39 is 0 Å². The third kappa shape index (κ3) is 3.27. The van der Waals surface area contributed by atoms with Gasteiger partial charge < -0.3 is 16.0 Å². The van der Waals surface area contributed by atoms with E-state index in [4.69, 9.17) is 0 Å². The van der Waals surface area contributed by atoms with Crippen molar-refractivity contribution in [2.24, 2.45) is 17.3 Å². The first-order valence-electron chi connectivity index (χ1n) is 9.57. The van der Waals surface area contributed by atoms with Gasteiger partial charge in [0.15, 0.2) is 0 Å². The van der Waals surface area contributed by atoms with Gasteiger partial charge in [-0.1, -0.05) is 0 Å². The Morgan fingerprint density at radius 1 is 1.12 bits per heavy atom. The Balaban J connectivity index is 1.37. The van der Waals surface area contributed by atoms with Gasteiger partial charge in [-0.05, 0) is 56.4 Å². The van der Waals surface area contributed by atoms with E-state index in [1.807, 2.05) is 0 Å². The summed E-state index contributed by atoms with van der Waals surface area (Å²) in [5.74, 6) is 1.86. The SMILES string of the molecule is CC(=O)NC12C[C@H]3C[C@@H](C1)CC(C(=O)NCCNc1ncccn1)(C3)C2. The minimum atomic E-state index is -0.310. The molecule has 4 aliphatic carbocycles. The summed E-state index contributed by atoms with van der Waals surface area (Å²) in [6.07, 6.45) is 9.36. The molecule has 2 amide bonds. The molecule has 1 aromatic rings. The lowest BCUT2D eigenvalue weighted by Gasteiger charge is -2.61. The lowest BCUT2D eigenvalue weighted by Crippen LogP contribution is -2.65. The number of amides is 2. The van der Waals surface area contributed by atoms with Crippen LogP contribution in [0.2, 0.25) is 0 Å². The van der Waals surface area contributed by atoms with Crippen molar-refractivity contribution in [2.75, 3.05) is 18.4 Å². The van der Waals surface area contributed by atoms with Crippen LogP contribution in [-0.4, -0.2) is 40.4 Å². The van der Waals surface area contributed by atoms with Crippen molar-refractivity contribution in [3.05, 3.63) is 18.5 Å². The molecule has 1 aromatic heterocycles. The number of rotatable bonds is 6. The molecule has 0 spiro atoms. The molecule has 4 saturated carbocycles. The molecular weight excluding hydrogens is 330 g/mol. The molecule has 0 radical (unpaired) electrons. The van der Waals surface area contributed by atoms with E-state index in [-0.39, 0.29) is 22.8 Å². The van der Waals surface area contributed by atoms with Crippen LogP contribution in [0.4, 0.5) is 5.95 Å². The van der Waals surface area contributed by atoms with Crippen LogP contribution in [0, 0.1) is 17.3 Å². The molecule has 4 bridgehead atoms. The second-order valence-electron chi connectivity index (χ2n) is 8.46. The predicted molar refractivity (Wildman–Crippen MR) is 97.2 cm³/mol. The normalized spacial score (nSPS) is 34.3. The van der Waals surface area contributed by atoms with Gasteiger partial charge in [-0.15, -0.1) is 0 Å². The summed E-state index contributed by atoms with van der Waals surface area (Å²) in [7, 11) is 0. The monoisotopic (exact) mass is 357 g/mol. The fraction of sp³-hybridized carbons (Fsp3) is 0.684. The van der Waals surface area contributed by atoms with E-state index in [1.54, 1.807) is 25.4 Å². The van der Waals surface area contributed by atoms with Crippen molar-refractivity contribution < 1.29 is 9.59 Å². The molecule has 0 aromatic carbocycles. The third-order valence-electron chi connectivity index (χ3n) is 6.24. The molecular formula is C19H27N5O2. The minimum absolute atomic E-state index is 0.0227. The fourth-order valence-corrected chi connectivity index (χ4v) is 5.98. The van der Waals surface area contributed by atoms with Crippen LogP contribution in [-0.2, 0) is 9.59 Å².